The Morgan fingerprint density at radius 1 is 1.16 bits per heavy atom. The van der Waals surface area contributed by atoms with Crippen molar-refractivity contribution in [2.24, 2.45) is 4.99 Å². The van der Waals surface area contributed by atoms with Crippen molar-refractivity contribution >= 4 is 47.4 Å². The van der Waals surface area contributed by atoms with Crippen LogP contribution < -0.4 is 15.5 Å². The zero-order chi connectivity index (χ0) is 21.2. The van der Waals surface area contributed by atoms with Gasteiger partial charge < -0.3 is 25.3 Å². The van der Waals surface area contributed by atoms with Gasteiger partial charge in [0.2, 0.25) is 0 Å². The monoisotopic (exact) mass is 563 g/mol. The molecule has 1 atom stereocenters. The first-order chi connectivity index (χ1) is 14.7. The maximum Gasteiger partial charge on any atom is 0.191 e. The molecule has 1 aromatic heterocycles. The van der Waals surface area contributed by atoms with Crippen LogP contribution >= 0.6 is 35.6 Å². The van der Waals surface area contributed by atoms with Crippen LogP contribution in [0.4, 0.5) is 5.82 Å². The lowest BCUT2D eigenvalue weighted by molar-refractivity contribution is 0.136. The largest absolute Gasteiger partial charge is 0.357 e. The van der Waals surface area contributed by atoms with Crippen LogP contribution in [0.5, 0.6) is 0 Å². The number of rotatable bonds is 9. The zero-order valence-electron chi connectivity index (χ0n) is 19.0. The van der Waals surface area contributed by atoms with Crippen molar-refractivity contribution < 1.29 is 0 Å². The molecule has 176 valence electrons. The maximum absolute atomic E-state index is 6.31. The summed E-state index contributed by atoms with van der Waals surface area (Å²) in [7, 11) is 0. The molecule has 2 aliphatic rings. The molecule has 2 N–H and O–H groups in total. The summed E-state index contributed by atoms with van der Waals surface area (Å²) >= 11 is 6.31. The third kappa shape index (κ3) is 8.55. The number of pyridine rings is 1. The third-order valence-electron chi connectivity index (χ3n) is 5.98. The highest BCUT2D eigenvalue weighted by Crippen LogP contribution is 2.25. The maximum atomic E-state index is 6.31. The molecular weight excluding hydrogens is 525 g/mol. The summed E-state index contributed by atoms with van der Waals surface area (Å²) < 4.78 is 0. The van der Waals surface area contributed by atoms with Gasteiger partial charge in [-0.1, -0.05) is 18.5 Å². The van der Waals surface area contributed by atoms with Crippen LogP contribution in [0.25, 0.3) is 0 Å². The van der Waals surface area contributed by atoms with Gasteiger partial charge >= 0.3 is 0 Å². The van der Waals surface area contributed by atoms with Gasteiger partial charge in [-0.05, 0) is 51.4 Å². The molecule has 9 heteroatoms. The molecule has 0 aliphatic carbocycles. The van der Waals surface area contributed by atoms with Crippen molar-refractivity contribution in [2.45, 2.75) is 39.2 Å². The van der Waals surface area contributed by atoms with Crippen LogP contribution in [0, 0.1) is 0 Å². The molecule has 0 radical (unpaired) electrons. The summed E-state index contributed by atoms with van der Waals surface area (Å²) in [6, 6.07) is 4.13. The number of nitrogens with one attached hydrogen (secondary N) is 2. The number of aliphatic imine (C=N–C) groups is 1. The summed E-state index contributed by atoms with van der Waals surface area (Å²) in [6.45, 7) is 15.2. The van der Waals surface area contributed by atoms with Crippen molar-refractivity contribution in [3.8, 4) is 0 Å². The lowest BCUT2D eigenvalue weighted by Gasteiger charge is -2.33. The van der Waals surface area contributed by atoms with E-state index in [0.717, 1.165) is 55.8 Å². The van der Waals surface area contributed by atoms with Gasteiger partial charge in [-0.25, -0.2) is 4.98 Å². The molecule has 3 heterocycles. The molecule has 2 aliphatic heterocycles. The number of unbranched alkanes of at least 4 members (excludes halogenated alkanes) is 1. The molecule has 3 rings (SSSR count). The minimum Gasteiger partial charge on any atom is -0.357 e. The summed E-state index contributed by atoms with van der Waals surface area (Å²) in [5.74, 6) is 1.80. The molecule has 0 saturated carbocycles. The molecule has 7 nitrogen and oxygen atoms in total. The molecule has 0 amide bonds. The fraction of sp³-hybridized carbons (Fsp3) is 0.727. The first-order valence-corrected chi connectivity index (χ1v) is 11.9. The van der Waals surface area contributed by atoms with Crippen LogP contribution in [0.1, 0.15) is 33.1 Å². The topological polar surface area (TPSA) is 59.0 Å². The molecule has 1 unspecified atom stereocenters. The Bertz CT molecular complexity index is 667. The fourth-order valence-electron chi connectivity index (χ4n) is 4.16. The van der Waals surface area contributed by atoms with E-state index >= 15 is 0 Å². The van der Waals surface area contributed by atoms with Gasteiger partial charge in [0, 0.05) is 64.6 Å². The van der Waals surface area contributed by atoms with E-state index in [1.807, 2.05) is 12.1 Å². The lowest BCUT2D eigenvalue weighted by Crippen LogP contribution is -2.46. The number of hydrogen-bond donors (Lipinski definition) is 2. The van der Waals surface area contributed by atoms with Gasteiger partial charge in [-0.15, -0.1) is 24.0 Å². The molecular formula is C22H39ClIN7. The van der Waals surface area contributed by atoms with Crippen molar-refractivity contribution in [1.82, 2.24) is 25.4 Å². The molecule has 31 heavy (non-hydrogen) atoms. The van der Waals surface area contributed by atoms with E-state index in [0.29, 0.717) is 6.04 Å². The van der Waals surface area contributed by atoms with Gasteiger partial charge in [-0.2, -0.15) is 0 Å². The number of nitrogens with zero attached hydrogens (tertiary/aromatic N) is 5. The number of aromatic nitrogens is 1. The predicted octanol–water partition coefficient (Wildman–Crippen LogP) is 2.90. The minimum absolute atomic E-state index is 0. The first-order valence-electron chi connectivity index (χ1n) is 11.5. The second kappa shape index (κ2) is 14.3. The predicted molar refractivity (Wildman–Crippen MR) is 142 cm³/mol. The van der Waals surface area contributed by atoms with E-state index in [1.165, 1.54) is 45.7 Å². The smallest absolute Gasteiger partial charge is 0.191 e. The summed E-state index contributed by atoms with van der Waals surface area (Å²) in [6.07, 6.45) is 5.20. The zero-order valence-corrected chi connectivity index (χ0v) is 22.1. The Labute approximate surface area is 210 Å². The van der Waals surface area contributed by atoms with Crippen LogP contribution in [0.2, 0.25) is 5.02 Å². The molecule has 2 saturated heterocycles. The molecule has 0 aromatic carbocycles. The van der Waals surface area contributed by atoms with E-state index in [4.69, 9.17) is 16.6 Å². The summed E-state index contributed by atoms with van der Waals surface area (Å²) in [5, 5.41) is 7.71. The number of likely N-dealkylation sites (N-methyl/N-ethyl adjacent to an activating group) is 1. The highest BCUT2D eigenvalue weighted by atomic mass is 127. The van der Waals surface area contributed by atoms with Crippen molar-refractivity contribution in [3.05, 3.63) is 23.4 Å². The van der Waals surface area contributed by atoms with Gasteiger partial charge in [-0.3, -0.25) is 4.99 Å². The first kappa shape index (κ1) is 26.4. The minimum atomic E-state index is 0. The van der Waals surface area contributed by atoms with Gasteiger partial charge in [0.05, 0.1) is 5.02 Å². The molecule has 0 spiro atoms. The summed E-state index contributed by atoms with van der Waals surface area (Å²) in [4.78, 5) is 16.6. The van der Waals surface area contributed by atoms with Gasteiger partial charge in [0.25, 0.3) is 0 Å². The van der Waals surface area contributed by atoms with Crippen LogP contribution in [0.15, 0.2) is 23.3 Å². The Balaban J connectivity index is 0.00000341. The van der Waals surface area contributed by atoms with Crippen LogP contribution in [-0.2, 0) is 0 Å². The van der Waals surface area contributed by atoms with E-state index in [1.54, 1.807) is 6.20 Å². The molecule has 0 bridgehead atoms. The van der Waals surface area contributed by atoms with Gasteiger partial charge in [0.15, 0.2) is 5.96 Å². The van der Waals surface area contributed by atoms with Gasteiger partial charge in [0.1, 0.15) is 5.82 Å². The van der Waals surface area contributed by atoms with Crippen molar-refractivity contribution in [2.75, 3.05) is 70.3 Å². The van der Waals surface area contributed by atoms with Crippen molar-refractivity contribution in [3.63, 3.8) is 0 Å². The number of hydrogen-bond acceptors (Lipinski definition) is 5. The highest BCUT2D eigenvalue weighted by molar-refractivity contribution is 14.0. The number of anilines is 1. The van der Waals surface area contributed by atoms with Crippen LogP contribution in [-0.4, -0.2) is 92.2 Å². The molecule has 2 fully saturated rings. The Kier molecular flexibility index (Phi) is 12.2. The molecule has 1 aromatic rings. The fourth-order valence-corrected chi connectivity index (χ4v) is 4.40. The second-order valence-corrected chi connectivity index (χ2v) is 8.54. The average Bonchev–Trinajstić information content (AvgIpc) is 3.22. The Morgan fingerprint density at radius 3 is 2.65 bits per heavy atom. The van der Waals surface area contributed by atoms with E-state index in [2.05, 4.69) is 44.2 Å². The second-order valence-electron chi connectivity index (χ2n) is 8.13. The number of guanidine groups is 1. The van der Waals surface area contributed by atoms with E-state index < -0.39 is 0 Å². The number of halogens is 2. The van der Waals surface area contributed by atoms with Crippen LogP contribution in [0.3, 0.4) is 0 Å². The normalized spacial score (nSPS) is 20.5. The number of piperazine rings is 1. The lowest BCUT2D eigenvalue weighted by atomic mass is 10.2. The van der Waals surface area contributed by atoms with Crippen molar-refractivity contribution in [1.29, 1.82) is 0 Å². The SMILES string of the molecule is CCNC(=NCCCCN1CCN(CC)CC1)NC1CCN(c2ncccc2Cl)C1.I. The van der Waals surface area contributed by atoms with E-state index in [9.17, 15) is 0 Å². The third-order valence-corrected chi connectivity index (χ3v) is 6.27. The van der Waals surface area contributed by atoms with E-state index in [-0.39, 0.29) is 24.0 Å². The Morgan fingerprint density at radius 2 is 1.94 bits per heavy atom. The standard InChI is InChI=1S/C22H38ClN7.HI/c1-3-24-22(26-10-5-6-12-29-16-14-28(4-2)15-17-29)27-19-9-13-30(18-19)21-20(23)8-7-11-25-21;/h7-8,11,19H,3-6,9-10,12-18H2,1-2H3,(H2,24,26,27);1H. The summed E-state index contributed by atoms with van der Waals surface area (Å²) in [5.41, 5.74) is 0. The Hall–Kier alpha value is -0.840. The average molecular weight is 564 g/mol. The highest BCUT2D eigenvalue weighted by Gasteiger charge is 2.25. The quantitative estimate of drug-likeness (QED) is 0.209.